The predicted molar refractivity (Wildman–Crippen MR) is 70.7 cm³/mol. The summed E-state index contributed by atoms with van der Waals surface area (Å²) in [7, 11) is 0. The van der Waals surface area contributed by atoms with E-state index in [1.165, 1.54) is 0 Å². The van der Waals surface area contributed by atoms with Crippen LogP contribution in [0.2, 0.25) is 0 Å². The van der Waals surface area contributed by atoms with Gasteiger partial charge in [-0.25, -0.2) is 4.79 Å². The molecule has 0 saturated carbocycles. The Morgan fingerprint density at radius 2 is 2.00 bits per heavy atom. The lowest BCUT2D eigenvalue weighted by atomic mass is 10.1. The number of carboxylic acids is 1. The summed E-state index contributed by atoms with van der Waals surface area (Å²) in [5.41, 5.74) is 0.892. The maximum absolute atomic E-state index is 11.6. The van der Waals surface area contributed by atoms with Gasteiger partial charge in [-0.2, -0.15) is 0 Å². The molecule has 1 aromatic rings. The molecule has 0 bridgehead atoms. The van der Waals surface area contributed by atoms with E-state index in [4.69, 9.17) is 9.84 Å². The van der Waals surface area contributed by atoms with Crippen LogP contribution < -0.4 is 5.32 Å². The Balaban J connectivity index is 2.37. The highest BCUT2D eigenvalue weighted by Crippen LogP contribution is 2.04. The van der Waals surface area contributed by atoms with Crippen molar-refractivity contribution in [3.05, 3.63) is 35.9 Å². The zero-order valence-corrected chi connectivity index (χ0v) is 11.0. The average Bonchev–Trinajstić information content (AvgIpc) is 2.37. The monoisotopic (exact) mass is 265 g/mol. The lowest BCUT2D eigenvalue weighted by Crippen LogP contribution is -2.36. The smallest absolute Gasteiger partial charge is 0.407 e. The number of aliphatic carboxylic acids is 1. The van der Waals surface area contributed by atoms with Crippen molar-refractivity contribution in [3.63, 3.8) is 0 Å². The van der Waals surface area contributed by atoms with Crippen LogP contribution in [0.25, 0.3) is 0 Å². The van der Waals surface area contributed by atoms with E-state index in [1.807, 2.05) is 37.3 Å². The molecule has 104 valence electrons. The van der Waals surface area contributed by atoms with Gasteiger partial charge in [0.05, 0.1) is 6.42 Å². The van der Waals surface area contributed by atoms with Gasteiger partial charge in [-0.1, -0.05) is 43.7 Å². The van der Waals surface area contributed by atoms with E-state index < -0.39 is 12.1 Å². The van der Waals surface area contributed by atoms with Crippen LogP contribution in [-0.2, 0) is 16.1 Å². The molecule has 0 radical (unpaired) electrons. The van der Waals surface area contributed by atoms with E-state index in [0.29, 0.717) is 6.42 Å². The zero-order chi connectivity index (χ0) is 14.1. The van der Waals surface area contributed by atoms with Crippen LogP contribution in [0.15, 0.2) is 30.3 Å². The van der Waals surface area contributed by atoms with Crippen molar-refractivity contribution in [2.75, 3.05) is 0 Å². The van der Waals surface area contributed by atoms with Crippen LogP contribution in [0.3, 0.4) is 0 Å². The predicted octanol–water partition coefficient (Wildman–Crippen LogP) is 2.56. The normalized spacial score (nSPS) is 11.6. The van der Waals surface area contributed by atoms with Crippen molar-refractivity contribution in [1.29, 1.82) is 0 Å². The van der Waals surface area contributed by atoms with Crippen LogP contribution >= 0.6 is 0 Å². The molecule has 0 aromatic heterocycles. The van der Waals surface area contributed by atoms with Gasteiger partial charge in [0.15, 0.2) is 0 Å². The Kier molecular flexibility index (Phi) is 6.43. The summed E-state index contributed by atoms with van der Waals surface area (Å²) >= 11 is 0. The first-order valence-electron chi connectivity index (χ1n) is 6.30. The van der Waals surface area contributed by atoms with Gasteiger partial charge in [-0.3, -0.25) is 4.79 Å². The Morgan fingerprint density at radius 1 is 1.32 bits per heavy atom. The Bertz CT molecular complexity index is 405. The maximum Gasteiger partial charge on any atom is 0.407 e. The van der Waals surface area contributed by atoms with Crippen molar-refractivity contribution in [1.82, 2.24) is 5.32 Å². The number of benzene rings is 1. The third-order valence-electron chi connectivity index (χ3n) is 2.59. The summed E-state index contributed by atoms with van der Waals surface area (Å²) in [6, 6.07) is 8.93. The lowest BCUT2D eigenvalue weighted by molar-refractivity contribution is -0.137. The molecule has 5 heteroatoms. The summed E-state index contributed by atoms with van der Waals surface area (Å²) in [5, 5.41) is 11.3. The van der Waals surface area contributed by atoms with Crippen molar-refractivity contribution >= 4 is 12.1 Å². The van der Waals surface area contributed by atoms with Gasteiger partial charge in [-0.05, 0) is 12.0 Å². The van der Waals surface area contributed by atoms with Crippen LogP contribution in [0.4, 0.5) is 4.79 Å². The molecule has 19 heavy (non-hydrogen) atoms. The molecule has 0 heterocycles. The Morgan fingerprint density at radius 3 is 2.58 bits per heavy atom. The number of alkyl carbamates (subject to hydrolysis) is 1. The highest BCUT2D eigenvalue weighted by Gasteiger charge is 2.15. The van der Waals surface area contributed by atoms with Gasteiger partial charge in [0.25, 0.3) is 0 Å². The van der Waals surface area contributed by atoms with Crippen LogP contribution in [0.1, 0.15) is 31.7 Å². The number of carboxylic acid groups (broad SMARTS) is 1. The molecule has 2 N–H and O–H groups in total. The molecular weight excluding hydrogens is 246 g/mol. The number of carbonyl (C=O) groups excluding carboxylic acids is 1. The summed E-state index contributed by atoms with van der Waals surface area (Å²) < 4.78 is 5.04. The highest BCUT2D eigenvalue weighted by atomic mass is 16.5. The summed E-state index contributed by atoms with van der Waals surface area (Å²) in [6.45, 7) is 2.12. The van der Waals surface area contributed by atoms with E-state index in [-0.39, 0.29) is 19.1 Å². The Labute approximate surface area is 112 Å². The molecule has 0 spiro atoms. The van der Waals surface area contributed by atoms with E-state index in [1.54, 1.807) is 0 Å². The first kappa shape index (κ1) is 15.0. The molecule has 5 nitrogen and oxygen atoms in total. The third-order valence-corrected chi connectivity index (χ3v) is 2.59. The van der Waals surface area contributed by atoms with Crippen LogP contribution in [0.5, 0.6) is 0 Å². The van der Waals surface area contributed by atoms with Gasteiger partial charge >= 0.3 is 12.1 Å². The Hall–Kier alpha value is -2.04. The summed E-state index contributed by atoms with van der Waals surface area (Å²) in [6.07, 6.45) is 0.751. The number of hydrogen-bond acceptors (Lipinski definition) is 3. The van der Waals surface area contributed by atoms with Crippen molar-refractivity contribution < 1.29 is 19.4 Å². The molecule has 1 atom stereocenters. The van der Waals surface area contributed by atoms with Crippen LogP contribution in [-0.4, -0.2) is 23.2 Å². The van der Waals surface area contributed by atoms with E-state index in [9.17, 15) is 9.59 Å². The number of carbonyl (C=O) groups is 2. The topological polar surface area (TPSA) is 75.6 Å². The van der Waals surface area contributed by atoms with Crippen molar-refractivity contribution in [2.24, 2.45) is 0 Å². The molecule has 0 aliphatic rings. The molecule has 1 rings (SSSR count). The molecule has 0 saturated heterocycles. The second kappa shape index (κ2) is 8.13. The summed E-state index contributed by atoms with van der Waals surface area (Å²) in [5.74, 6) is -0.929. The molecule has 1 amide bonds. The van der Waals surface area contributed by atoms with Gasteiger partial charge in [0, 0.05) is 6.04 Å². The number of ether oxygens (including phenoxy) is 1. The fourth-order valence-electron chi connectivity index (χ4n) is 1.72. The molecule has 0 fully saturated rings. The van der Waals surface area contributed by atoms with E-state index in [0.717, 1.165) is 12.0 Å². The minimum absolute atomic E-state index is 0.0890. The number of amides is 1. The SMILES string of the molecule is CCCC(CC(=O)O)NC(=O)OCc1ccccc1. The molecular formula is C14H19NO4. The molecule has 1 aromatic carbocycles. The molecule has 0 aliphatic carbocycles. The fraction of sp³-hybridized carbons (Fsp3) is 0.429. The van der Waals surface area contributed by atoms with Gasteiger partial charge in [0.2, 0.25) is 0 Å². The number of hydrogen-bond donors (Lipinski definition) is 2. The highest BCUT2D eigenvalue weighted by molar-refractivity contribution is 5.71. The minimum atomic E-state index is -0.929. The van der Waals surface area contributed by atoms with Gasteiger partial charge in [0.1, 0.15) is 6.61 Å². The van der Waals surface area contributed by atoms with Crippen molar-refractivity contribution in [3.8, 4) is 0 Å². The van der Waals surface area contributed by atoms with E-state index in [2.05, 4.69) is 5.32 Å². The van der Waals surface area contributed by atoms with Gasteiger partial charge < -0.3 is 15.2 Å². The lowest BCUT2D eigenvalue weighted by Gasteiger charge is -2.15. The van der Waals surface area contributed by atoms with Gasteiger partial charge in [-0.15, -0.1) is 0 Å². The second-order valence-corrected chi connectivity index (χ2v) is 4.29. The minimum Gasteiger partial charge on any atom is -0.481 e. The number of rotatable bonds is 7. The fourth-order valence-corrected chi connectivity index (χ4v) is 1.72. The largest absolute Gasteiger partial charge is 0.481 e. The van der Waals surface area contributed by atoms with Crippen molar-refractivity contribution in [2.45, 2.75) is 38.8 Å². The number of nitrogens with one attached hydrogen (secondary N) is 1. The standard InChI is InChI=1S/C14H19NO4/c1-2-6-12(9-13(16)17)15-14(18)19-10-11-7-4-3-5-8-11/h3-5,7-8,12H,2,6,9-10H2,1H3,(H,15,18)(H,16,17). The average molecular weight is 265 g/mol. The maximum atomic E-state index is 11.6. The molecule has 1 unspecified atom stereocenters. The first-order valence-corrected chi connectivity index (χ1v) is 6.30. The second-order valence-electron chi connectivity index (χ2n) is 4.29. The first-order chi connectivity index (χ1) is 9.11. The quantitative estimate of drug-likeness (QED) is 0.794. The zero-order valence-electron chi connectivity index (χ0n) is 11.0. The third kappa shape index (κ3) is 6.45. The van der Waals surface area contributed by atoms with E-state index >= 15 is 0 Å². The summed E-state index contributed by atoms with van der Waals surface area (Å²) in [4.78, 5) is 22.2. The molecule has 0 aliphatic heterocycles. The van der Waals surface area contributed by atoms with Crippen LogP contribution in [0, 0.1) is 0 Å².